The SMILES string of the molecule is Cn1c(C(=O)N2CCC3(CCNC[C@H]3CO)CC2)nc2ccccc21. The number of nitrogens with one attached hydrogen (secondary N) is 1. The molecule has 3 heterocycles. The van der Waals surface area contributed by atoms with Gasteiger partial charge in [-0.1, -0.05) is 12.1 Å². The van der Waals surface area contributed by atoms with E-state index in [0.29, 0.717) is 11.7 Å². The molecule has 25 heavy (non-hydrogen) atoms. The number of likely N-dealkylation sites (tertiary alicyclic amines) is 1. The van der Waals surface area contributed by atoms with Gasteiger partial charge in [-0.3, -0.25) is 4.79 Å². The van der Waals surface area contributed by atoms with Crippen molar-refractivity contribution in [3.63, 3.8) is 0 Å². The molecule has 2 aliphatic rings. The summed E-state index contributed by atoms with van der Waals surface area (Å²) in [6, 6.07) is 7.85. The molecule has 1 atom stereocenters. The van der Waals surface area contributed by atoms with Crippen molar-refractivity contribution < 1.29 is 9.90 Å². The maximum Gasteiger partial charge on any atom is 0.289 e. The van der Waals surface area contributed by atoms with E-state index in [4.69, 9.17) is 0 Å². The third kappa shape index (κ3) is 2.73. The number of aliphatic hydroxyl groups excluding tert-OH is 1. The fourth-order valence-corrected chi connectivity index (χ4v) is 4.58. The molecule has 1 aromatic carbocycles. The fourth-order valence-electron chi connectivity index (χ4n) is 4.58. The van der Waals surface area contributed by atoms with Crippen molar-refractivity contribution in [3.8, 4) is 0 Å². The Hall–Kier alpha value is -1.92. The summed E-state index contributed by atoms with van der Waals surface area (Å²) >= 11 is 0. The van der Waals surface area contributed by atoms with Gasteiger partial charge in [-0.15, -0.1) is 0 Å². The van der Waals surface area contributed by atoms with Gasteiger partial charge in [-0.05, 0) is 43.4 Å². The highest BCUT2D eigenvalue weighted by Gasteiger charge is 2.43. The molecule has 2 N–H and O–H groups in total. The van der Waals surface area contributed by atoms with Crippen LogP contribution in [0.4, 0.5) is 0 Å². The Morgan fingerprint density at radius 3 is 2.80 bits per heavy atom. The zero-order valence-corrected chi connectivity index (χ0v) is 14.7. The first-order chi connectivity index (χ1) is 12.1. The van der Waals surface area contributed by atoms with Crippen LogP contribution < -0.4 is 5.32 Å². The Morgan fingerprint density at radius 2 is 2.08 bits per heavy atom. The fraction of sp³-hybridized carbons (Fsp3) is 0.579. The van der Waals surface area contributed by atoms with Crippen LogP contribution in [0.1, 0.15) is 29.9 Å². The molecule has 1 spiro atoms. The number of benzene rings is 1. The summed E-state index contributed by atoms with van der Waals surface area (Å²) in [4.78, 5) is 19.5. The van der Waals surface area contributed by atoms with E-state index in [2.05, 4.69) is 10.3 Å². The first-order valence-electron chi connectivity index (χ1n) is 9.17. The lowest BCUT2D eigenvalue weighted by Gasteiger charge is -2.48. The topological polar surface area (TPSA) is 70.4 Å². The number of amides is 1. The Morgan fingerprint density at radius 1 is 1.32 bits per heavy atom. The van der Waals surface area contributed by atoms with Gasteiger partial charge >= 0.3 is 0 Å². The zero-order chi connectivity index (χ0) is 17.4. The van der Waals surface area contributed by atoms with Crippen LogP contribution in [-0.2, 0) is 7.05 Å². The molecule has 6 nitrogen and oxygen atoms in total. The van der Waals surface area contributed by atoms with E-state index >= 15 is 0 Å². The second kappa shape index (κ2) is 6.42. The smallest absolute Gasteiger partial charge is 0.289 e. The van der Waals surface area contributed by atoms with Gasteiger partial charge in [-0.2, -0.15) is 0 Å². The van der Waals surface area contributed by atoms with Crippen molar-refractivity contribution in [1.82, 2.24) is 19.8 Å². The highest BCUT2D eigenvalue weighted by Crippen LogP contribution is 2.43. The van der Waals surface area contributed by atoms with Gasteiger partial charge in [0.2, 0.25) is 0 Å². The van der Waals surface area contributed by atoms with Crippen LogP contribution in [0.5, 0.6) is 0 Å². The number of hydrogen-bond acceptors (Lipinski definition) is 4. The number of fused-ring (bicyclic) bond motifs is 1. The minimum absolute atomic E-state index is 0.0167. The lowest BCUT2D eigenvalue weighted by Crippen LogP contribution is -2.53. The second-order valence-electron chi connectivity index (χ2n) is 7.47. The number of para-hydroxylation sites is 2. The quantitative estimate of drug-likeness (QED) is 0.865. The summed E-state index contributed by atoms with van der Waals surface area (Å²) in [7, 11) is 1.91. The number of hydrogen-bond donors (Lipinski definition) is 2. The highest BCUT2D eigenvalue weighted by atomic mass is 16.3. The number of carbonyl (C=O) groups is 1. The van der Waals surface area contributed by atoms with E-state index in [-0.39, 0.29) is 17.9 Å². The third-order valence-electron chi connectivity index (χ3n) is 6.30. The van der Waals surface area contributed by atoms with Gasteiger partial charge in [0.15, 0.2) is 5.82 Å². The first kappa shape index (κ1) is 16.5. The third-order valence-corrected chi connectivity index (χ3v) is 6.30. The van der Waals surface area contributed by atoms with Crippen LogP contribution in [0.15, 0.2) is 24.3 Å². The molecule has 0 radical (unpaired) electrons. The van der Waals surface area contributed by atoms with E-state index in [1.54, 1.807) is 0 Å². The molecule has 2 aliphatic heterocycles. The number of aryl methyl sites for hydroxylation is 1. The van der Waals surface area contributed by atoms with Crippen LogP contribution in [0, 0.1) is 11.3 Å². The van der Waals surface area contributed by atoms with Gasteiger partial charge in [-0.25, -0.2) is 4.98 Å². The average Bonchev–Trinajstić information content (AvgIpc) is 2.99. The number of nitrogens with zero attached hydrogens (tertiary/aromatic N) is 3. The van der Waals surface area contributed by atoms with E-state index in [9.17, 15) is 9.90 Å². The molecule has 4 rings (SSSR count). The second-order valence-corrected chi connectivity index (χ2v) is 7.47. The summed E-state index contributed by atoms with van der Waals surface area (Å²) in [6.45, 7) is 3.62. The minimum Gasteiger partial charge on any atom is -0.396 e. The molecule has 2 saturated heterocycles. The molecular weight excluding hydrogens is 316 g/mol. The van der Waals surface area contributed by atoms with E-state index < -0.39 is 0 Å². The van der Waals surface area contributed by atoms with Crippen molar-refractivity contribution in [3.05, 3.63) is 30.1 Å². The van der Waals surface area contributed by atoms with Crippen LogP contribution in [0.3, 0.4) is 0 Å². The standard InChI is InChI=1S/C19H26N4O2/c1-22-16-5-3-2-4-15(16)21-17(22)18(25)23-10-7-19(8-11-23)6-9-20-12-14(19)13-24/h2-5,14,20,24H,6-13H2,1H3/t14-/m0/s1. The van der Waals surface area contributed by atoms with Crippen molar-refractivity contribution in [2.45, 2.75) is 19.3 Å². The summed E-state index contributed by atoms with van der Waals surface area (Å²) < 4.78 is 1.89. The Kier molecular flexibility index (Phi) is 4.25. The van der Waals surface area contributed by atoms with Gasteiger partial charge < -0.3 is 19.9 Å². The van der Waals surface area contributed by atoms with Crippen LogP contribution in [0.2, 0.25) is 0 Å². The molecule has 0 bridgehead atoms. The van der Waals surface area contributed by atoms with Gasteiger partial charge in [0.25, 0.3) is 5.91 Å². The normalized spacial score (nSPS) is 23.3. The zero-order valence-electron chi connectivity index (χ0n) is 14.7. The lowest BCUT2D eigenvalue weighted by atomic mass is 9.65. The molecule has 134 valence electrons. The molecule has 0 unspecified atom stereocenters. The molecule has 6 heteroatoms. The number of aliphatic hydroxyl groups is 1. The van der Waals surface area contributed by atoms with Gasteiger partial charge in [0.1, 0.15) is 0 Å². The van der Waals surface area contributed by atoms with Gasteiger partial charge in [0.05, 0.1) is 11.0 Å². The predicted octanol–water partition coefficient (Wildman–Crippen LogP) is 1.40. The molecule has 1 amide bonds. The van der Waals surface area contributed by atoms with Crippen molar-refractivity contribution >= 4 is 16.9 Å². The number of piperidine rings is 2. The lowest BCUT2D eigenvalue weighted by molar-refractivity contribution is -0.00156. The van der Waals surface area contributed by atoms with E-state index in [1.165, 1.54) is 0 Å². The van der Waals surface area contributed by atoms with Gasteiger partial charge in [0, 0.05) is 39.2 Å². The maximum absolute atomic E-state index is 13.0. The Labute approximate surface area is 147 Å². The van der Waals surface area contributed by atoms with Crippen LogP contribution in [0.25, 0.3) is 11.0 Å². The average molecular weight is 342 g/mol. The number of imidazole rings is 1. The Bertz CT molecular complexity index is 777. The Balaban J connectivity index is 1.52. The summed E-state index contributed by atoms with van der Waals surface area (Å²) in [6.07, 6.45) is 3.03. The molecule has 2 aromatic rings. The highest BCUT2D eigenvalue weighted by molar-refractivity contribution is 5.94. The summed E-state index contributed by atoms with van der Waals surface area (Å²) in [5, 5.41) is 13.1. The molecule has 0 aliphatic carbocycles. The van der Waals surface area contributed by atoms with Crippen molar-refractivity contribution in [2.75, 3.05) is 32.8 Å². The largest absolute Gasteiger partial charge is 0.396 e. The van der Waals surface area contributed by atoms with Crippen molar-refractivity contribution in [2.24, 2.45) is 18.4 Å². The number of carbonyl (C=O) groups excluding carboxylic acids is 1. The number of aromatic nitrogens is 2. The summed E-state index contributed by atoms with van der Waals surface area (Å²) in [5.74, 6) is 0.832. The monoisotopic (exact) mass is 342 g/mol. The van der Waals surface area contributed by atoms with E-state index in [0.717, 1.165) is 56.5 Å². The maximum atomic E-state index is 13.0. The molecular formula is C19H26N4O2. The van der Waals surface area contributed by atoms with Crippen LogP contribution in [-0.4, -0.2) is 58.3 Å². The summed E-state index contributed by atoms with van der Waals surface area (Å²) in [5.41, 5.74) is 2.03. The first-order valence-corrected chi connectivity index (χ1v) is 9.17. The molecule has 0 saturated carbocycles. The van der Waals surface area contributed by atoms with Crippen LogP contribution >= 0.6 is 0 Å². The molecule has 2 fully saturated rings. The predicted molar refractivity (Wildman–Crippen MR) is 96.3 cm³/mol. The van der Waals surface area contributed by atoms with E-state index in [1.807, 2.05) is 40.8 Å². The number of rotatable bonds is 2. The minimum atomic E-state index is 0.0167. The van der Waals surface area contributed by atoms with Crippen molar-refractivity contribution in [1.29, 1.82) is 0 Å². The molecule has 1 aromatic heterocycles.